The molecule has 23 heavy (non-hydrogen) atoms. The second kappa shape index (κ2) is 7.94. The van der Waals surface area contributed by atoms with Crippen molar-refractivity contribution in [2.45, 2.75) is 12.1 Å². The molecule has 0 bridgehead atoms. The fraction of sp³-hybridized carbons (Fsp3) is 0.200. The lowest BCUT2D eigenvalue weighted by Gasteiger charge is -2.10. The van der Waals surface area contributed by atoms with E-state index in [2.05, 4.69) is 15.3 Å². The predicted octanol–water partition coefficient (Wildman–Crippen LogP) is 3.28. The Balaban J connectivity index is 2.30. The minimum atomic E-state index is -0.545. The van der Waals surface area contributed by atoms with Crippen molar-refractivity contribution < 1.29 is 14.3 Å². The molecule has 1 aromatic heterocycles. The van der Waals surface area contributed by atoms with Crippen LogP contribution >= 0.6 is 23.4 Å². The number of para-hydroxylation sites is 1. The third kappa shape index (κ3) is 4.20. The highest BCUT2D eigenvalue weighted by atomic mass is 35.5. The van der Waals surface area contributed by atoms with Crippen molar-refractivity contribution in [1.82, 2.24) is 9.97 Å². The number of benzene rings is 1. The van der Waals surface area contributed by atoms with Crippen LogP contribution in [0, 0.1) is 0 Å². The van der Waals surface area contributed by atoms with Crippen molar-refractivity contribution in [3.05, 3.63) is 46.7 Å². The first-order valence-electron chi connectivity index (χ1n) is 6.70. The van der Waals surface area contributed by atoms with Crippen LogP contribution in [0.5, 0.6) is 0 Å². The van der Waals surface area contributed by atoms with Crippen LogP contribution in [0.1, 0.15) is 27.8 Å². The number of rotatable bonds is 5. The van der Waals surface area contributed by atoms with E-state index in [1.807, 2.05) is 6.92 Å². The van der Waals surface area contributed by atoms with Gasteiger partial charge in [-0.3, -0.25) is 4.79 Å². The number of amides is 1. The van der Waals surface area contributed by atoms with Gasteiger partial charge in [0.1, 0.15) is 0 Å². The fourth-order valence-electron chi connectivity index (χ4n) is 1.77. The van der Waals surface area contributed by atoms with Crippen LogP contribution in [-0.4, -0.2) is 34.7 Å². The molecule has 0 fully saturated rings. The number of carbonyl (C=O) groups is 2. The summed E-state index contributed by atoms with van der Waals surface area (Å²) in [7, 11) is 1.27. The molecule has 0 aliphatic heterocycles. The molecule has 0 saturated carbocycles. The second-order valence-electron chi connectivity index (χ2n) is 4.27. The molecule has 1 heterocycles. The molecule has 0 unspecified atom stereocenters. The van der Waals surface area contributed by atoms with Crippen LogP contribution in [0.15, 0.2) is 35.6 Å². The summed E-state index contributed by atoms with van der Waals surface area (Å²) in [6, 6.07) is 6.53. The Bertz CT molecular complexity index is 740. The molecule has 2 rings (SSSR count). The van der Waals surface area contributed by atoms with Gasteiger partial charge in [0.15, 0.2) is 10.9 Å². The zero-order chi connectivity index (χ0) is 16.8. The highest BCUT2D eigenvalue weighted by molar-refractivity contribution is 7.99. The summed E-state index contributed by atoms with van der Waals surface area (Å²) in [6.07, 6.45) is 1.38. The number of nitrogens with zero attached hydrogens (tertiary/aromatic N) is 2. The van der Waals surface area contributed by atoms with Crippen LogP contribution in [-0.2, 0) is 4.74 Å². The van der Waals surface area contributed by atoms with Gasteiger partial charge in [-0.05, 0) is 17.9 Å². The maximum Gasteiger partial charge on any atom is 0.339 e. The van der Waals surface area contributed by atoms with Gasteiger partial charge >= 0.3 is 5.97 Å². The van der Waals surface area contributed by atoms with Gasteiger partial charge < -0.3 is 10.1 Å². The maximum absolute atomic E-state index is 12.4. The van der Waals surface area contributed by atoms with Crippen molar-refractivity contribution in [2.24, 2.45) is 0 Å². The van der Waals surface area contributed by atoms with Crippen molar-refractivity contribution in [1.29, 1.82) is 0 Å². The van der Waals surface area contributed by atoms with Gasteiger partial charge in [-0.1, -0.05) is 42.4 Å². The average Bonchev–Trinajstić information content (AvgIpc) is 2.56. The van der Waals surface area contributed by atoms with Crippen LogP contribution in [0.2, 0.25) is 5.02 Å². The van der Waals surface area contributed by atoms with Crippen LogP contribution in [0.25, 0.3) is 0 Å². The average molecular weight is 352 g/mol. The van der Waals surface area contributed by atoms with Gasteiger partial charge in [0.25, 0.3) is 5.91 Å². The summed E-state index contributed by atoms with van der Waals surface area (Å²) in [5, 5.41) is 3.23. The Morgan fingerprint density at radius 1 is 1.35 bits per heavy atom. The van der Waals surface area contributed by atoms with Crippen molar-refractivity contribution >= 4 is 40.9 Å². The lowest BCUT2D eigenvalue weighted by atomic mass is 10.1. The van der Waals surface area contributed by atoms with Gasteiger partial charge in [-0.15, -0.1) is 0 Å². The van der Waals surface area contributed by atoms with Gasteiger partial charge in [0, 0.05) is 0 Å². The zero-order valence-electron chi connectivity index (χ0n) is 12.5. The highest BCUT2D eigenvalue weighted by Gasteiger charge is 2.18. The molecule has 0 saturated heterocycles. The third-order valence-electron chi connectivity index (χ3n) is 2.79. The molecule has 8 heteroatoms. The van der Waals surface area contributed by atoms with E-state index in [-0.39, 0.29) is 16.3 Å². The Labute approximate surface area is 142 Å². The first-order chi connectivity index (χ1) is 11.1. The molecule has 1 aromatic carbocycles. The molecule has 0 aliphatic rings. The zero-order valence-corrected chi connectivity index (χ0v) is 14.1. The fourth-order valence-corrected chi connectivity index (χ4v) is 2.49. The monoisotopic (exact) mass is 351 g/mol. The molecule has 0 atom stereocenters. The Morgan fingerprint density at radius 3 is 2.78 bits per heavy atom. The van der Waals surface area contributed by atoms with Gasteiger partial charge in [-0.25, -0.2) is 14.8 Å². The number of thioether (sulfide) groups is 1. The van der Waals surface area contributed by atoms with E-state index in [9.17, 15) is 9.59 Å². The Morgan fingerprint density at radius 2 is 2.09 bits per heavy atom. The van der Waals surface area contributed by atoms with Crippen LogP contribution < -0.4 is 5.32 Å². The van der Waals surface area contributed by atoms with E-state index < -0.39 is 11.9 Å². The van der Waals surface area contributed by atoms with Gasteiger partial charge in [0.05, 0.1) is 29.6 Å². The number of halogens is 1. The number of aromatic nitrogens is 2. The Hall–Kier alpha value is -2.12. The quantitative estimate of drug-likeness (QED) is 0.505. The topological polar surface area (TPSA) is 81.2 Å². The minimum absolute atomic E-state index is 0.0530. The summed E-state index contributed by atoms with van der Waals surface area (Å²) in [5.41, 5.74) is 0.623. The van der Waals surface area contributed by atoms with Crippen LogP contribution in [0.4, 0.5) is 5.69 Å². The molecule has 0 aliphatic carbocycles. The molecular formula is C15H14ClN3O3S. The standard InChI is InChI=1S/C15H14ClN3O3S/c1-3-23-15-17-8-10(16)12(19-15)13(20)18-11-7-5-4-6-9(11)14(21)22-2/h4-8H,3H2,1-2H3,(H,18,20). The Kier molecular flexibility index (Phi) is 5.95. The molecular weight excluding hydrogens is 338 g/mol. The summed E-state index contributed by atoms with van der Waals surface area (Å²) < 4.78 is 4.69. The van der Waals surface area contributed by atoms with E-state index in [0.717, 1.165) is 5.75 Å². The van der Waals surface area contributed by atoms with E-state index in [4.69, 9.17) is 16.3 Å². The number of hydrogen-bond acceptors (Lipinski definition) is 6. The highest BCUT2D eigenvalue weighted by Crippen LogP contribution is 2.21. The van der Waals surface area contributed by atoms with E-state index in [1.54, 1.807) is 24.3 Å². The number of ether oxygens (including phenoxy) is 1. The SMILES string of the molecule is CCSc1ncc(Cl)c(C(=O)Nc2ccccc2C(=O)OC)n1. The van der Waals surface area contributed by atoms with Crippen LogP contribution in [0.3, 0.4) is 0 Å². The first-order valence-corrected chi connectivity index (χ1v) is 8.07. The number of methoxy groups -OCH3 is 1. The smallest absolute Gasteiger partial charge is 0.339 e. The molecule has 1 N–H and O–H groups in total. The summed E-state index contributed by atoms with van der Waals surface area (Å²) >= 11 is 7.40. The van der Waals surface area contributed by atoms with Crippen molar-refractivity contribution in [3.63, 3.8) is 0 Å². The molecule has 0 spiro atoms. The maximum atomic E-state index is 12.4. The van der Waals surface area contributed by atoms with Crippen molar-refractivity contribution in [2.75, 3.05) is 18.2 Å². The van der Waals surface area contributed by atoms with E-state index in [1.165, 1.54) is 25.1 Å². The summed E-state index contributed by atoms with van der Waals surface area (Å²) in [5.74, 6) is -0.294. The third-order valence-corrected chi connectivity index (χ3v) is 3.81. The molecule has 1 amide bonds. The van der Waals surface area contributed by atoms with Crippen molar-refractivity contribution in [3.8, 4) is 0 Å². The normalized spacial score (nSPS) is 10.2. The number of hydrogen-bond donors (Lipinski definition) is 1. The van der Waals surface area contributed by atoms with Gasteiger partial charge in [-0.2, -0.15) is 0 Å². The number of esters is 1. The lowest BCUT2D eigenvalue weighted by molar-refractivity contribution is 0.0602. The second-order valence-corrected chi connectivity index (χ2v) is 5.91. The molecule has 0 radical (unpaired) electrons. The molecule has 6 nitrogen and oxygen atoms in total. The number of anilines is 1. The molecule has 120 valence electrons. The lowest BCUT2D eigenvalue weighted by Crippen LogP contribution is -2.17. The summed E-state index contributed by atoms with van der Waals surface area (Å²) in [4.78, 5) is 32.3. The molecule has 2 aromatic rings. The minimum Gasteiger partial charge on any atom is -0.465 e. The van der Waals surface area contributed by atoms with Gasteiger partial charge in [0.2, 0.25) is 0 Å². The van der Waals surface area contributed by atoms with E-state index >= 15 is 0 Å². The number of nitrogens with one attached hydrogen (secondary N) is 1. The van der Waals surface area contributed by atoms with E-state index in [0.29, 0.717) is 10.8 Å². The first kappa shape index (κ1) is 17.2. The largest absolute Gasteiger partial charge is 0.465 e. The summed E-state index contributed by atoms with van der Waals surface area (Å²) in [6.45, 7) is 1.95. The number of carbonyl (C=O) groups excluding carboxylic acids is 2. The predicted molar refractivity (Wildman–Crippen MR) is 89.2 cm³/mol.